The normalized spacial score (nSPS) is 10.1. The maximum atomic E-state index is 5.22. The highest BCUT2D eigenvalue weighted by molar-refractivity contribution is 5.40. The smallest absolute Gasteiger partial charge is 0.169 e. The van der Waals surface area contributed by atoms with E-state index in [4.69, 9.17) is 5.84 Å². The number of hydrogen-bond acceptors (Lipinski definition) is 7. The number of nitrogens with one attached hydrogen (secondary N) is 2. The van der Waals surface area contributed by atoms with Gasteiger partial charge in [0, 0.05) is 7.05 Å². The quantitative estimate of drug-likeness (QED) is 0.471. The molecule has 2 aromatic heterocycles. The molecule has 8 nitrogen and oxygen atoms in total. The van der Waals surface area contributed by atoms with Crippen LogP contribution in [-0.2, 0) is 13.6 Å². The molecule has 2 rings (SSSR count). The fourth-order valence-electron chi connectivity index (χ4n) is 1.16. The molecule has 0 radical (unpaired) electrons. The highest BCUT2D eigenvalue weighted by Gasteiger charge is 2.00. The van der Waals surface area contributed by atoms with Crippen molar-refractivity contribution in [3.63, 3.8) is 0 Å². The Balaban J connectivity index is 1.99. The largest absolute Gasteiger partial charge is 0.361 e. The number of hydrogen-bond donors (Lipinski definition) is 3. The van der Waals surface area contributed by atoms with Crippen molar-refractivity contribution in [1.82, 2.24) is 24.7 Å². The SMILES string of the molecule is Cn1cnc(CNc2cncc(NN)n2)n1. The predicted molar refractivity (Wildman–Crippen MR) is 58.2 cm³/mol. The highest BCUT2D eigenvalue weighted by Crippen LogP contribution is 2.05. The molecule has 0 aliphatic heterocycles. The summed E-state index contributed by atoms with van der Waals surface area (Å²) in [6.07, 6.45) is 4.77. The second-order valence-corrected chi connectivity index (χ2v) is 3.12. The van der Waals surface area contributed by atoms with Crippen LogP contribution in [0.15, 0.2) is 18.7 Å². The second kappa shape index (κ2) is 4.53. The van der Waals surface area contributed by atoms with Crippen LogP contribution in [-0.4, -0.2) is 24.7 Å². The monoisotopic (exact) mass is 220 g/mol. The van der Waals surface area contributed by atoms with Crippen LogP contribution >= 0.6 is 0 Å². The molecule has 0 unspecified atom stereocenters. The summed E-state index contributed by atoms with van der Waals surface area (Å²) < 4.78 is 1.64. The molecule has 0 spiro atoms. The summed E-state index contributed by atoms with van der Waals surface area (Å²) in [4.78, 5) is 12.2. The van der Waals surface area contributed by atoms with E-state index in [2.05, 4.69) is 30.8 Å². The minimum absolute atomic E-state index is 0.490. The summed E-state index contributed by atoms with van der Waals surface area (Å²) in [6.45, 7) is 0.490. The van der Waals surface area contributed by atoms with Crippen molar-refractivity contribution in [3.8, 4) is 0 Å². The molecule has 84 valence electrons. The average molecular weight is 220 g/mol. The van der Waals surface area contributed by atoms with Gasteiger partial charge in [0.2, 0.25) is 0 Å². The van der Waals surface area contributed by atoms with E-state index in [1.807, 2.05) is 7.05 Å². The van der Waals surface area contributed by atoms with E-state index in [1.54, 1.807) is 17.2 Å². The first kappa shape index (κ1) is 10.3. The lowest BCUT2D eigenvalue weighted by Gasteiger charge is -2.04. The van der Waals surface area contributed by atoms with Gasteiger partial charge in [-0.05, 0) is 0 Å². The Hall–Kier alpha value is -2.22. The summed E-state index contributed by atoms with van der Waals surface area (Å²) in [5.74, 6) is 7.02. The molecule has 0 saturated carbocycles. The molecule has 0 fully saturated rings. The van der Waals surface area contributed by atoms with E-state index in [-0.39, 0.29) is 0 Å². The van der Waals surface area contributed by atoms with E-state index in [9.17, 15) is 0 Å². The van der Waals surface area contributed by atoms with E-state index in [0.29, 0.717) is 24.0 Å². The van der Waals surface area contributed by atoms with Crippen molar-refractivity contribution in [2.75, 3.05) is 10.7 Å². The second-order valence-electron chi connectivity index (χ2n) is 3.12. The van der Waals surface area contributed by atoms with Crippen LogP contribution in [0.3, 0.4) is 0 Å². The summed E-state index contributed by atoms with van der Waals surface area (Å²) in [7, 11) is 1.81. The number of nitrogens with zero attached hydrogens (tertiary/aromatic N) is 5. The summed E-state index contributed by atoms with van der Waals surface area (Å²) in [5, 5.41) is 7.16. The standard InChI is InChI=1S/C8H12N8/c1-16-5-12-7(15-16)4-11-6-2-10-3-8(13-6)14-9/h2-3,5H,4,9H2,1H3,(H2,11,13,14). The lowest BCUT2D eigenvalue weighted by Crippen LogP contribution is -2.11. The van der Waals surface area contributed by atoms with E-state index in [0.717, 1.165) is 0 Å². The van der Waals surface area contributed by atoms with Crippen molar-refractivity contribution < 1.29 is 0 Å². The Kier molecular flexibility index (Phi) is 2.92. The van der Waals surface area contributed by atoms with Crippen LogP contribution in [0.25, 0.3) is 0 Å². The van der Waals surface area contributed by atoms with Gasteiger partial charge >= 0.3 is 0 Å². The van der Waals surface area contributed by atoms with Crippen LogP contribution < -0.4 is 16.6 Å². The number of hydrazine groups is 1. The van der Waals surface area contributed by atoms with E-state index < -0.39 is 0 Å². The molecule has 0 atom stereocenters. The van der Waals surface area contributed by atoms with Gasteiger partial charge in [-0.2, -0.15) is 5.10 Å². The number of rotatable bonds is 4. The summed E-state index contributed by atoms with van der Waals surface area (Å²) in [6, 6.07) is 0. The Morgan fingerprint density at radius 1 is 1.38 bits per heavy atom. The Bertz CT molecular complexity index is 465. The fourth-order valence-corrected chi connectivity index (χ4v) is 1.16. The molecule has 0 aliphatic rings. The number of aryl methyl sites for hydroxylation is 1. The molecule has 8 heteroatoms. The minimum atomic E-state index is 0.490. The van der Waals surface area contributed by atoms with Gasteiger partial charge in [0.1, 0.15) is 12.1 Å². The third kappa shape index (κ3) is 2.42. The van der Waals surface area contributed by atoms with Crippen LogP contribution in [0.1, 0.15) is 5.82 Å². The molecule has 0 saturated heterocycles. The molecule has 0 amide bonds. The Morgan fingerprint density at radius 3 is 2.88 bits per heavy atom. The highest BCUT2D eigenvalue weighted by atomic mass is 15.3. The van der Waals surface area contributed by atoms with Crippen molar-refractivity contribution in [1.29, 1.82) is 0 Å². The maximum Gasteiger partial charge on any atom is 0.169 e. The average Bonchev–Trinajstić information content (AvgIpc) is 2.73. The molecule has 16 heavy (non-hydrogen) atoms. The maximum absolute atomic E-state index is 5.22. The van der Waals surface area contributed by atoms with Crippen molar-refractivity contribution >= 4 is 11.6 Å². The zero-order valence-corrected chi connectivity index (χ0v) is 8.75. The van der Waals surface area contributed by atoms with Crippen LogP contribution in [0.2, 0.25) is 0 Å². The first-order valence-electron chi connectivity index (χ1n) is 4.65. The molecule has 2 aromatic rings. The van der Waals surface area contributed by atoms with Crippen molar-refractivity contribution in [2.45, 2.75) is 6.54 Å². The third-order valence-corrected chi connectivity index (χ3v) is 1.86. The van der Waals surface area contributed by atoms with Crippen LogP contribution in [0.4, 0.5) is 11.6 Å². The van der Waals surface area contributed by atoms with Gasteiger partial charge in [-0.3, -0.25) is 9.67 Å². The zero-order chi connectivity index (χ0) is 11.4. The lowest BCUT2D eigenvalue weighted by molar-refractivity contribution is 0.747. The molecule has 0 bridgehead atoms. The lowest BCUT2D eigenvalue weighted by atomic mass is 10.5. The molecule has 0 aliphatic carbocycles. The number of anilines is 2. The molecular weight excluding hydrogens is 208 g/mol. The van der Waals surface area contributed by atoms with Crippen molar-refractivity contribution in [2.24, 2.45) is 12.9 Å². The molecular formula is C8H12N8. The topological polar surface area (TPSA) is 107 Å². The minimum Gasteiger partial charge on any atom is -0.361 e. The van der Waals surface area contributed by atoms with Gasteiger partial charge in [-0.25, -0.2) is 15.8 Å². The van der Waals surface area contributed by atoms with Gasteiger partial charge < -0.3 is 10.7 Å². The van der Waals surface area contributed by atoms with Gasteiger partial charge in [-0.15, -0.1) is 0 Å². The summed E-state index contributed by atoms with van der Waals surface area (Å²) in [5.41, 5.74) is 2.42. The number of nitrogens with two attached hydrogens (primary N) is 1. The first-order valence-corrected chi connectivity index (χ1v) is 4.65. The predicted octanol–water partition coefficient (Wildman–Crippen LogP) is -0.497. The number of nitrogen functional groups attached to an aromatic ring is 1. The Labute approximate surface area is 91.9 Å². The summed E-state index contributed by atoms with van der Waals surface area (Å²) >= 11 is 0. The van der Waals surface area contributed by atoms with Gasteiger partial charge in [0.15, 0.2) is 11.6 Å². The third-order valence-electron chi connectivity index (χ3n) is 1.86. The molecule has 0 aromatic carbocycles. The van der Waals surface area contributed by atoms with Crippen LogP contribution in [0, 0.1) is 0 Å². The zero-order valence-electron chi connectivity index (χ0n) is 8.75. The number of aromatic nitrogens is 5. The molecule has 4 N–H and O–H groups in total. The Morgan fingerprint density at radius 2 is 2.19 bits per heavy atom. The first-order chi connectivity index (χ1) is 7.78. The fraction of sp³-hybridized carbons (Fsp3) is 0.250. The molecule has 2 heterocycles. The van der Waals surface area contributed by atoms with Gasteiger partial charge in [0.25, 0.3) is 0 Å². The van der Waals surface area contributed by atoms with Gasteiger partial charge in [-0.1, -0.05) is 0 Å². The van der Waals surface area contributed by atoms with E-state index >= 15 is 0 Å². The van der Waals surface area contributed by atoms with Crippen molar-refractivity contribution in [3.05, 3.63) is 24.5 Å². The van der Waals surface area contributed by atoms with Gasteiger partial charge in [0.05, 0.1) is 18.9 Å². The van der Waals surface area contributed by atoms with Crippen LogP contribution in [0.5, 0.6) is 0 Å². The van der Waals surface area contributed by atoms with E-state index in [1.165, 1.54) is 6.20 Å².